The molecule has 3 nitrogen and oxygen atoms in total. The van der Waals surface area contributed by atoms with Crippen LogP contribution in [0, 0.1) is 0 Å². The van der Waals surface area contributed by atoms with Crippen LogP contribution in [0.3, 0.4) is 0 Å². The van der Waals surface area contributed by atoms with Crippen LogP contribution in [-0.2, 0) is 0 Å². The SMILES string of the molecule is CBc1ncon1. The van der Waals surface area contributed by atoms with Crippen LogP contribution in [0.2, 0.25) is 6.82 Å². The molecule has 1 rings (SSSR count). The summed E-state index contributed by atoms with van der Waals surface area (Å²) in [6.07, 6.45) is 1.33. The Balaban J connectivity index is 2.76. The largest absolute Gasteiger partial charge is 0.344 e. The minimum atomic E-state index is 0.764. The van der Waals surface area contributed by atoms with Crippen molar-refractivity contribution in [1.82, 2.24) is 10.1 Å². The highest BCUT2D eigenvalue weighted by Gasteiger charge is 1.90. The third-order valence-electron chi connectivity index (χ3n) is 0.723. The van der Waals surface area contributed by atoms with Gasteiger partial charge in [-0.1, -0.05) is 12.0 Å². The van der Waals surface area contributed by atoms with Crippen LogP contribution >= 0.6 is 0 Å². The summed E-state index contributed by atoms with van der Waals surface area (Å²) >= 11 is 0. The Morgan fingerprint density at radius 2 is 2.71 bits per heavy atom. The lowest BCUT2D eigenvalue weighted by atomic mass is 9.82. The zero-order valence-corrected chi connectivity index (χ0v) is 4.09. The first-order chi connectivity index (χ1) is 3.43. The average molecular weight is 95.9 g/mol. The molecular formula is C3H5BN2O. The lowest BCUT2D eigenvalue weighted by molar-refractivity contribution is 0.421. The summed E-state index contributed by atoms with van der Waals surface area (Å²) in [5.74, 6) is 0. The Bertz CT molecular complexity index is 127. The number of aromatic nitrogens is 2. The highest BCUT2D eigenvalue weighted by Crippen LogP contribution is 1.64. The van der Waals surface area contributed by atoms with E-state index in [4.69, 9.17) is 0 Å². The predicted octanol–water partition coefficient (Wildman–Crippen LogP) is -0.821. The van der Waals surface area contributed by atoms with Gasteiger partial charge in [0.05, 0.1) is 0 Å². The highest BCUT2D eigenvalue weighted by molar-refractivity contribution is 6.49. The lowest BCUT2D eigenvalue weighted by Crippen LogP contribution is -2.13. The first-order valence-corrected chi connectivity index (χ1v) is 2.18. The number of nitrogens with zero attached hydrogens (tertiary/aromatic N) is 2. The maximum atomic E-state index is 4.44. The molecule has 0 atom stereocenters. The molecule has 0 radical (unpaired) electrons. The van der Waals surface area contributed by atoms with E-state index in [1.165, 1.54) is 6.39 Å². The molecule has 0 aliphatic carbocycles. The van der Waals surface area contributed by atoms with E-state index >= 15 is 0 Å². The first-order valence-electron chi connectivity index (χ1n) is 2.18. The summed E-state index contributed by atoms with van der Waals surface area (Å²) in [7, 11) is 0.844. The molecule has 1 heterocycles. The van der Waals surface area contributed by atoms with E-state index < -0.39 is 0 Å². The van der Waals surface area contributed by atoms with Gasteiger partial charge in [0.25, 0.3) is 0 Å². The van der Waals surface area contributed by atoms with Crippen molar-refractivity contribution < 1.29 is 4.52 Å². The van der Waals surface area contributed by atoms with Gasteiger partial charge in [-0.3, -0.25) is 0 Å². The van der Waals surface area contributed by atoms with Crippen LogP contribution in [0.15, 0.2) is 10.9 Å². The molecule has 4 heteroatoms. The summed E-state index contributed by atoms with van der Waals surface area (Å²) in [4.78, 5) is 3.76. The van der Waals surface area contributed by atoms with Crippen molar-refractivity contribution in [1.29, 1.82) is 0 Å². The van der Waals surface area contributed by atoms with Crippen molar-refractivity contribution in [3.8, 4) is 0 Å². The highest BCUT2D eigenvalue weighted by atomic mass is 16.5. The Labute approximate surface area is 42.0 Å². The third-order valence-corrected chi connectivity index (χ3v) is 0.723. The topological polar surface area (TPSA) is 38.9 Å². The quantitative estimate of drug-likeness (QED) is 0.428. The van der Waals surface area contributed by atoms with Gasteiger partial charge in [0.1, 0.15) is 5.72 Å². The lowest BCUT2D eigenvalue weighted by Gasteiger charge is -1.70. The number of hydrogen-bond donors (Lipinski definition) is 0. The van der Waals surface area contributed by atoms with E-state index in [2.05, 4.69) is 14.7 Å². The van der Waals surface area contributed by atoms with E-state index in [0.29, 0.717) is 0 Å². The third kappa shape index (κ3) is 0.794. The molecule has 0 aromatic carbocycles. The molecule has 0 aliphatic heterocycles. The Morgan fingerprint density at radius 3 is 3.00 bits per heavy atom. The van der Waals surface area contributed by atoms with Gasteiger partial charge in [-0.15, -0.1) is 0 Å². The molecule has 1 aromatic heterocycles. The average Bonchev–Trinajstić information content (AvgIpc) is 2.14. The summed E-state index contributed by atoms with van der Waals surface area (Å²) in [6, 6.07) is 0. The van der Waals surface area contributed by atoms with Gasteiger partial charge >= 0.3 is 0 Å². The Kier molecular flexibility index (Phi) is 1.11. The molecule has 0 bridgehead atoms. The van der Waals surface area contributed by atoms with Crippen LogP contribution in [0.5, 0.6) is 0 Å². The Morgan fingerprint density at radius 1 is 1.86 bits per heavy atom. The number of rotatable bonds is 1. The molecule has 36 valence electrons. The fourth-order valence-electron chi connectivity index (χ4n) is 0.348. The van der Waals surface area contributed by atoms with Gasteiger partial charge in [0.15, 0.2) is 0 Å². The van der Waals surface area contributed by atoms with Crippen LogP contribution in [0.1, 0.15) is 0 Å². The molecule has 0 spiro atoms. The molecular weight excluding hydrogens is 90.9 g/mol. The first kappa shape index (κ1) is 4.37. The maximum absolute atomic E-state index is 4.44. The Hall–Kier alpha value is -0.795. The fraction of sp³-hybridized carbons (Fsp3) is 0.333. The van der Waals surface area contributed by atoms with E-state index in [1.54, 1.807) is 0 Å². The van der Waals surface area contributed by atoms with Crippen LogP contribution in [0.4, 0.5) is 0 Å². The zero-order valence-electron chi connectivity index (χ0n) is 4.09. The van der Waals surface area contributed by atoms with Crippen molar-refractivity contribution in [3.05, 3.63) is 6.39 Å². The molecule has 0 N–H and O–H groups in total. The van der Waals surface area contributed by atoms with Crippen molar-refractivity contribution in [2.75, 3.05) is 0 Å². The predicted molar refractivity (Wildman–Crippen MR) is 26.9 cm³/mol. The van der Waals surface area contributed by atoms with E-state index in [9.17, 15) is 0 Å². The molecule has 0 fully saturated rings. The van der Waals surface area contributed by atoms with Crippen molar-refractivity contribution in [2.24, 2.45) is 0 Å². The summed E-state index contributed by atoms with van der Waals surface area (Å²) in [6.45, 7) is 1.98. The van der Waals surface area contributed by atoms with Crippen LogP contribution in [0.25, 0.3) is 0 Å². The smallest absolute Gasteiger partial charge is 0.212 e. The summed E-state index contributed by atoms with van der Waals surface area (Å²) in [5, 5.41) is 3.55. The van der Waals surface area contributed by atoms with Gasteiger partial charge in [-0.2, -0.15) is 0 Å². The van der Waals surface area contributed by atoms with E-state index in [0.717, 1.165) is 13.0 Å². The van der Waals surface area contributed by atoms with Crippen molar-refractivity contribution in [2.45, 2.75) is 6.82 Å². The zero-order chi connectivity index (χ0) is 5.11. The summed E-state index contributed by atoms with van der Waals surface area (Å²) in [5.41, 5.74) is 0.764. The van der Waals surface area contributed by atoms with E-state index in [-0.39, 0.29) is 0 Å². The second-order valence-electron chi connectivity index (χ2n) is 1.20. The molecule has 0 saturated heterocycles. The standard InChI is InChI=1S/C3H5BN2O/c1-4-3-5-2-7-6-3/h2,4H,1H3. The maximum Gasteiger partial charge on any atom is 0.212 e. The normalized spacial score (nSPS) is 8.71. The van der Waals surface area contributed by atoms with Gasteiger partial charge in [0.2, 0.25) is 13.7 Å². The summed E-state index contributed by atoms with van der Waals surface area (Å²) < 4.78 is 4.44. The van der Waals surface area contributed by atoms with Gasteiger partial charge in [-0.05, 0) is 0 Å². The monoisotopic (exact) mass is 96.0 g/mol. The number of hydrogen-bond acceptors (Lipinski definition) is 3. The molecule has 0 amide bonds. The molecule has 0 aliphatic rings. The molecule has 1 aromatic rings. The fourth-order valence-corrected chi connectivity index (χ4v) is 0.348. The van der Waals surface area contributed by atoms with Crippen LogP contribution < -0.4 is 5.72 Å². The van der Waals surface area contributed by atoms with Gasteiger partial charge < -0.3 is 4.52 Å². The molecule has 0 unspecified atom stereocenters. The van der Waals surface area contributed by atoms with Crippen molar-refractivity contribution in [3.63, 3.8) is 0 Å². The van der Waals surface area contributed by atoms with Gasteiger partial charge in [0, 0.05) is 0 Å². The second-order valence-corrected chi connectivity index (χ2v) is 1.20. The van der Waals surface area contributed by atoms with Gasteiger partial charge in [-0.25, -0.2) is 4.98 Å². The second kappa shape index (κ2) is 1.77. The minimum absolute atomic E-state index is 0.764. The molecule has 0 saturated carbocycles. The minimum Gasteiger partial charge on any atom is -0.344 e. The van der Waals surface area contributed by atoms with Crippen molar-refractivity contribution >= 4 is 13.0 Å². The van der Waals surface area contributed by atoms with Crippen LogP contribution in [-0.4, -0.2) is 17.4 Å². The van der Waals surface area contributed by atoms with E-state index in [1.807, 2.05) is 6.82 Å². The molecule has 7 heavy (non-hydrogen) atoms.